The molecule has 404 valence electrons. The van der Waals surface area contributed by atoms with Crippen molar-refractivity contribution >= 4 is 59.5 Å². The number of ether oxygens (including phenoxy) is 4. The first-order valence-corrected chi connectivity index (χ1v) is 24.4. The van der Waals surface area contributed by atoms with Crippen molar-refractivity contribution in [3.05, 3.63) is 145 Å². The molecule has 0 heterocycles. The van der Waals surface area contributed by atoms with E-state index in [1.54, 1.807) is 123 Å². The number of carbonyl (C=O) groups excluding carboxylic acids is 5. The van der Waals surface area contributed by atoms with Gasteiger partial charge < -0.3 is 51.1 Å². The molecule has 4 amide bonds. The maximum atomic E-state index is 13.1. The number of hydrogen-bond acceptors (Lipinski definition) is 11. The van der Waals surface area contributed by atoms with Gasteiger partial charge in [-0.05, 0) is 152 Å². The van der Waals surface area contributed by atoms with E-state index in [9.17, 15) is 28.8 Å². The zero-order valence-corrected chi connectivity index (χ0v) is 45.3. The minimum Gasteiger partial charge on any atom is -0.497 e. The lowest BCUT2D eigenvalue weighted by Gasteiger charge is -2.23. The van der Waals surface area contributed by atoms with E-state index >= 15 is 0 Å². The lowest BCUT2D eigenvalue weighted by molar-refractivity contribution is -0.139. The van der Waals surface area contributed by atoms with Crippen LogP contribution in [0.2, 0.25) is 0 Å². The van der Waals surface area contributed by atoms with E-state index in [1.807, 2.05) is 55.5 Å². The van der Waals surface area contributed by atoms with Crippen molar-refractivity contribution in [2.45, 2.75) is 130 Å². The lowest BCUT2D eigenvalue weighted by atomic mass is 9.91. The fourth-order valence-corrected chi connectivity index (χ4v) is 6.54. The number of anilines is 2. The number of nitrogens with one attached hydrogen (secondary N) is 4. The van der Waals surface area contributed by atoms with Crippen LogP contribution in [0.5, 0.6) is 11.5 Å². The Balaban J connectivity index is 0.000000615. The zero-order valence-electron chi connectivity index (χ0n) is 44.5. The lowest BCUT2D eigenvalue weighted by Crippen LogP contribution is -2.43. The van der Waals surface area contributed by atoms with Crippen LogP contribution in [0, 0.1) is 5.92 Å². The van der Waals surface area contributed by atoms with Crippen LogP contribution in [0.4, 0.5) is 21.0 Å². The average molecular weight is 1040 g/mol. The maximum absolute atomic E-state index is 13.1. The summed E-state index contributed by atoms with van der Waals surface area (Å²) < 4.78 is 20.4. The topological polar surface area (TPSA) is 234 Å². The number of methoxy groups -OCH3 is 2. The number of aryl methyl sites for hydroxylation is 2. The molecule has 4 aromatic rings. The van der Waals surface area contributed by atoms with Crippen molar-refractivity contribution in [1.29, 1.82) is 0 Å². The molecule has 0 fully saturated rings. The number of amides is 4. The molecule has 17 heteroatoms. The summed E-state index contributed by atoms with van der Waals surface area (Å²) in [5, 5.41) is 19.2. The number of rotatable bonds is 22. The molecule has 16 nitrogen and oxygen atoms in total. The van der Waals surface area contributed by atoms with Gasteiger partial charge in [0.15, 0.2) is 5.78 Å². The Morgan fingerprint density at radius 3 is 1.35 bits per heavy atom. The van der Waals surface area contributed by atoms with Crippen molar-refractivity contribution in [1.82, 2.24) is 10.6 Å². The van der Waals surface area contributed by atoms with E-state index in [4.69, 9.17) is 29.8 Å². The molecule has 4 aromatic carbocycles. The fraction of sp³-hybridized carbons (Fsp3) is 0.404. The van der Waals surface area contributed by atoms with E-state index in [0.717, 1.165) is 36.3 Å². The van der Waals surface area contributed by atoms with Crippen LogP contribution in [-0.4, -0.2) is 84.4 Å². The van der Waals surface area contributed by atoms with E-state index in [0.29, 0.717) is 30.7 Å². The first-order chi connectivity index (χ1) is 34.5. The Bertz CT molecular complexity index is 2350. The summed E-state index contributed by atoms with van der Waals surface area (Å²) in [5.41, 5.74) is 8.53. The van der Waals surface area contributed by atoms with Crippen LogP contribution in [0.1, 0.15) is 98.6 Å². The highest BCUT2D eigenvalue weighted by molar-refractivity contribution is 6.00. The average Bonchev–Trinajstić information content (AvgIpc) is 3.34. The van der Waals surface area contributed by atoms with Gasteiger partial charge >= 0.3 is 18.2 Å². The predicted molar refractivity (Wildman–Crippen MR) is 294 cm³/mol. The molecule has 0 unspecified atom stereocenters. The number of carbonyl (C=O) groups is 6. The Labute approximate surface area is 443 Å². The SMILES string of the molecule is CC[C@H](NC(=O)OC(C)(C)C)C(=O)C[C@H](/C=C/C(=O)Nc1ccc(OC)cc1)CCc1ccccc1.CC[C@H](NC(=O)OC(C)(C)C)C(=O)O.COc1ccc(NC(=O)/C=C/[C@@H](N)CCc2ccccc2)cc1.Cl. The molecule has 0 aliphatic rings. The van der Waals surface area contributed by atoms with Gasteiger partial charge in [0.2, 0.25) is 11.8 Å². The number of Topliss-reactive ketones (excluding diaryl/α,β-unsaturated/α-hetero) is 1. The van der Waals surface area contributed by atoms with Gasteiger partial charge in [-0.1, -0.05) is 86.7 Å². The van der Waals surface area contributed by atoms with Gasteiger partial charge in [-0.2, -0.15) is 0 Å². The third-order valence-corrected chi connectivity index (χ3v) is 10.3. The quantitative estimate of drug-likeness (QED) is 0.0404. The highest BCUT2D eigenvalue weighted by atomic mass is 35.5. The molecule has 4 atom stereocenters. The van der Waals surface area contributed by atoms with Crippen LogP contribution >= 0.6 is 12.4 Å². The van der Waals surface area contributed by atoms with Crippen LogP contribution in [0.3, 0.4) is 0 Å². The molecule has 0 aliphatic heterocycles. The second-order valence-corrected chi connectivity index (χ2v) is 18.8. The molecule has 4 rings (SSSR count). The largest absolute Gasteiger partial charge is 0.497 e. The van der Waals surface area contributed by atoms with Crippen LogP contribution < -0.4 is 36.5 Å². The highest BCUT2D eigenvalue weighted by Crippen LogP contribution is 2.20. The molecule has 0 saturated heterocycles. The standard InChI is InChI=1S/C29H38N2O5.C19H22N2O2.C9H17NO4.ClH/c1-6-25(31-28(34)36-29(2,3)4)26(32)20-22(13-12-21-10-8-7-9-11-21)14-19-27(33)30-23-15-17-24(35-5)18-16-23;1-23-18-12-10-17(11-13-18)21-19(22)14-9-16(20)8-7-15-5-3-2-4-6-15;1-5-6(7(11)12)10-8(13)14-9(2,3)4;/h7-11,14-19,22,25H,6,12-13,20H2,1-5H3,(H,30,33)(H,31,34);2-6,9-14,16H,7-8,20H2,1H3,(H,21,22);6H,5H2,1-4H3,(H,10,13)(H,11,12);1H/b19-14+;14-9+;;/t22-,25-;16-;6-;/m000./s1. The number of carboxylic acid groups (broad SMARTS) is 1. The van der Waals surface area contributed by atoms with Gasteiger partial charge in [-0.15, -0.1) is 12.4 Å². The number of hydrogen-bond donors (Lipinski definition) is 6. The first kappa shape index (κ1) is 64.8. The third kappa shape index (κ3) is 29.4. The van der Waals surface area contributed by atoms with Gasteiger partial charge in [0, 0.05) is 29.9 Å². The summed E-state index contributed by atoms with van der Waals surface area (Å²) >= 11 is 0. The third-order valence-electron chi connectivity index (χ3n) is 10.3. The summed E-state index contributed by atoms with van der Waals surface area (Å²) in [5.74, 6) is -0.342. The first-order valence-electron chi connectivity index (χ1n) is 24.4. The van der Waals surface area contributed by atoms with E-state index in [-0.39, 0.29) is 48.4 Å². The van der Waals surface area contributed by atoms with Gasteiger partial charge in [-0.25, -0.2) is 14.4 Å². The zero-order chi connectivity index (χ0) is 54.4. The van der Waals surface area contributed by atoms with Crippen LogP contribution in [0.15, 0.2) is 133 Å². The van der Waals surface area contributed by atoms with Gasteiger partial charge in [0.25, 0.3) is 0 Å². The summed E-state index contributed by atoms with van der Waals surface area (Å²) in [6.07, 6.45) is 9.28. The number of allylic oxidation sites excluding steroid dienone is 1. The molecule has 7 N–H and O–H groups in total. The predicted octanol–water partition coefficient (Wildman–Crippen LogP) is 10.6. The summed E-state index contributed by atoms with van der Waals surface area (Å²) in [6, 6.07) is 32.7. The smallest absolute Gasteiger partial charge is 0.408 e. The van der Waals surface area contributed by atoms with Crippen LogP contribution in [-0.2, 0) is 41.5 Å². The summed E-state index contributed by atoms with van der Waals surface area (Å²) in [6.45, 7) is 14.0. The molecular weight excluding hydrogens is 966 g/mol. The maximum Gasteiger partial charge on any atom is 0.408 e. The number of ketones is 1. The molecule has 0 spiro atoms. The minimum absolute atomic E-state index is 0. The number of nitrogens with two attached hydrogens (primary N) is 1. The van der Waals surface area contributed by atoms with E-state index in [2.05, 4.69) is 33.4 Å². The Morgan fingerprint density at radius 2 is 0.973 bits per heavy atom. The normalized spacial score (nSPS) is 12.6. The van der Waals surface area contributed by atoms with Crippen molar-refractivity contribution in [3.8, 4) is 11.5 Å². The van der Waals surface area contributed by atoms with Crippen molar-refractivity contribution in [2.24, 2.45) is 11.7 Å². The van der Waals surface area contributed by atoms with Crippen molar-refractivity contribution in [3.63, 3.8) is 0 Å². The summed E-state index contributed by atoms with van der Waals surface area (Å²) in [4.78, 5) is 71.3. The Kier molecular flexibility index (Phi) is 30.0. The van der Waals surface area contributed by atoms with Gasteiger partial charge in [0.05, 0.1) is 20.3 Å². The Hall–Kier alpha value is -7.17. The van der Waals surface area contributed by atoms with Gasteiger partial charge in [0.1, 0.15) is 28.7 Å². The molecule has 0 radical (unpaired) electrons. The highest BCUT2D eigenvalue weighted by Gasteiger charge is 2.25. The van der Waals surface area contributed by atoms with E-state index in [1.165, 1.54) is 17.7 Å². The van der Waals surface area contributed by atoms with Gasteiger partial charge in [-0.3, -0.25) is 14.4 Å². The monoisotopic (exact) mass is 1040 g/mol. The molecule has 0 aliphatic carbocycles. The second kappa shape index (κ2) is 34.3. The number of alkyl carbamates (subject to hydrolysis) is 2. The summed E-state index contributed by atoms with van der Waals surface area (Å²) in [7, 11) is 3.19. The second-order valence-electron chi connectivity index (χ2n) is 18.8. The Morgan fingerprint density at radius 1 is 0.581 bits per heavy atom. The van der Waals surface area contributed by atoms with E-state index < -0.39 is 41.4 Å². The van der Waals surface area contributed by atoms with Crippen LogP contribution in [0.25, 0.3) is 0 Å². The molecule has 0 aromatic heterocycles. The number of carboxylic acids is 1. The fourth-order valence-electron chi connectivity index (χ4n) is 6.54. The van der Waals surface area contributed by atoms with Crippen molar-refractivity contribution < 1.29 is 52.8 Å². The number of benzene rings is 4. The molecule has 0 bridgehead atoms. The molecule has 0 saturated carbocycles. The number of aliphatic carboxylic acids is 1. The molecular formula is C57H78ClN5O11. The number of halogens is 1. The minimum atomic E-state index is -1.06. The molecule has 74 heavy (non-hydrogen) atoms. The van der Waals surface area contributed by atoms with Crippen molar-refractivity contribution in [2.75, 3.05) is 24.9 Å².